The van der Waals surface area contributed by atoms with Gasteiger partial charge in [-0.15, -0.1) is 0 Å². The number of aromatic nitrogens is 2. The molecule has 2 rings (SSSR count). The van der Waals surface area contributed by atoms with Crippen LogP contribution in [0.3, 0.4) is 0 Å². The molecule has 0 aliphatic rings. The molecule has 0 unspecified atom stereocenters. The summed E-state index contributed by atoms with van der Waals surface area (Å²) in [6.45, 7) is 1.88. The van der Waals surface area contributed by atoms with Gasteiger partial charge in [0, 0.05) is 6.20 Å². The molecule has 0 bridgehead atoms. The van der Waals surface area contributed by atoms with Crippen molar-refractivity contribution < 1.29 is 19.1 Å². The van der Waals surface area contributed by atoms with Crippen LogP contribution in [0.4, 0.5) is 0 Å². The van der Waals surface area contributed by atoms with E-state index in [2.05, 4.69) is 9.97 Å². The second kappa shape index (κ2) is 4.62. The second-order valence-corrected chi connectivity index (χ2v) is 3.85. The summed E-state index contributed by atoms with van der Waals surface area (Å²) in [5, 5.41) is 10.6. The number of furan rings is 1. The Balaban J connectivity index is 2.52. The lowest BCUT2D eigenvalue weighted by atomic mass is 10.3. The Hall–Kier alpha value is -1.76. The van der Waals surface area contributed by atoms with Crippen LogP contribution in [0.15, 0.2) is 15.8 Å². The highest BCUT2D eigenvalue weighted by Gasteiger charge is 2.22. The van der Waals surface area contributed by atoms with E-state index in [1.165, 1.54) is 18.0 Å². The van der Waals surface area contributed by atoms with E-state index >= 15 is 0 Å². The van der Waals surface area contributed by atoms with Gasteiger partial charge in [-0.2, -0.15) is 4.98 Å². The van der Waals surface area contributed by atoms with E-state index in [1.807, 2.05) is 6.26 Å². The standard InChI is InChI=1S/C10H10N2O4S/c1-3-15-9(14)7-6(13)5-4-11-10(17-2)12-8(5)16-7/h4,13H,3H2,1-2H3. The molecule has 0 atom stereocenters. The van der Waals surface area contributed by atoms with Gasteiger partial charge in [0.2, 0.25) is 5.71 Å². The molecule has 6 nitrogen and oxygen atoms in total. The summed E-state index contributed by atoms with van der Waals surface area (Å²) in [7, 11) is 0. The van der Waals surface area contributed by atoms with Crippen molar-refractivity contribution in [3.63, 3.8) is 0 Å². The Morgan fingerprint density at radius 3 is 3.06 bits per heavy atom. The largest absolute Gasteiger partial charge is 0.503 e. The van der Waals surface area contributed by atoms with Crippen molar-refractivity contribution in [3.8, 4) is 5.75 Å². The van der Waals surface area contributed by atoms with Crippen molar-refractivity contribution in [3.05, 3.63) is 12.0 Å². The zero-order chi connectivity index (χ0) is 12.4. The summed E-state index contributed by atoms with van der Waals surface area (Å²) < 4.78 is 9.92. The fraction of sp³-hybridized carbons (Fsp3) is 0.300. The van der Waals surface area contributed by atoms with E-state index in [1.54, 1.807) is 6.92 Å². The van der Waals surface area contributed by atoms with Gasteiger partial charge >= 0.3 is 5.97 Å². The summed E-state index contributed by atoms with van der Waals surface area (Å²) in [5.74, 6) is -1.24. The number of thioether (sulfide) groups is 1. The summed E-state index contributed by atoms with van der Waals surface area (Å²) in [5.41, 5.74) is 0.171. The SMILES string of the molecule is CCOC(=O)c1oc2nc(SC)ncc2c1O. The molecule has 0 saturated carbocycles. The van der Waals surface area contributed by atoms with Crippen molar-refractivity contribution in [2.45, 2.75) is 12.1 Å². The van der Waals surface area contributed by atoms with Gasteiger partial charge in [-0.05, 0) is 13.2 Å². The molecule has 0 aliphatic heterocycles. The fourth-order valence-electron chi connectivity index (χ4n) is 1.29. The third-order valence-corrected chi connectivity index (χ3v) is 2.61. The average molecular weight is 254 g/mol. The molecule has 0 aromatic carbocycles. The van der Waals surface area contributed by atoms with Crippen molar-refractivity contribution in [1.29, 1.82) is 0 Å². The number of hydrogen-bond donors (Lipinski definition) is 1. The Morgan fingerprint density at radius 2 is 2.41 bits per heavy atom. The van der Waals surface area contributed by atoms with Gasteiger partial charge in [-0.25, -0.2) is 9.78 Å². The summed E-state index contributed by atoms with van der Waals surface area (Å²) in [6, 6.07) is 0. The van der Waals surface area contributed by atoms with Gasteiger partial charge in [0.15, 0.2) is 10.9 Å². The van der Waals surface area contributed by atoms with E-state index in [0.29, 0.717) is 10.5 Å². The zero-order valence-corrected chi connectivity index (χ0v) is 10.1. The number of rotatable bonds is 3. The van der Waals surface area contributed by atoms with Gasteiger partial charge in [0.25, 0.3) is 5.76 Å². The van der Waals surface area contributed by atoms with Crippen LogP contribution in [-0.4, -0.2) is 33.9 Å². The number of nitrogens with zero attached hydrogens (tertiary/aromatic N) is 2. The van der Waals surface area contributed by atoms with Crippen LogP contribution in [0.25, 0.3) is 11.1 Å². The lowest BCUT2D eigenvalue weighted by Crippen LogP contribution is -2.02. The van der Waals surface area contributed by atoms with E-state index in [9.17, 15) is 9.90 Å². The molecule has 0 radical (unpaired) electrons. The first-order valence-electron chi connectivity index (χ1n) is 4.87. The first-order chi connectivity index (χ1) is 8.17. The maximum Gasteiger partial charge on any atom is 0.378 e. The maximum absolute atomic E-state index is 11.5. The van der Waals surface area contributed by atoms with Crippen LogP contribution in [0.2, 0.25) is 0 Å². The van der Waals surface area contributed by atoms with Crippen molar-refractivity contribution in [2.75, 3.05) is 12.9 Å². The average Bonchev–Trinajstić information content (AvgIpc) is 2.66. The van der Waals surface area contributed by atoms with E-state index < -0.39 is 5.97 Å². The first-order valence-corrected chi connectivity index (χ1v) is 6.09. The van der Waals surface area contributed by atoms with Crippen LogP contribution in [0, 0.1) is 0 Å². The molecule has 0 saturated heterocycles. The molecule has 0 fully saturated rings. The Bertz CT molecular complexity index is 567. The number of ether oxygens (including phenoxy) is 1. The zero-order valence-electron chi connectivity index (χ0n) is 9.26. The molecule has 0 aliphatic carbocycles. The molecule has 2 heterocycles. The number of hydrogen-bond acceptors (Lipinski definition) is 7. The smallest absolute Gasteiger partial charge is 0.378 e. The minimum Gasteiger partial charge on any atom is -0.503 e. The van der Waals surface area contributed by atoms with Crippen LogP contribution in [-0.2, 0) is 4.74 Å². The molecule has 1 N–H and O–H groups in total. The molecule has 0 amide bonds. The Morgan fingerprint density at radius 1 is 1.65 bits per heavy atom. The van der Waals surface area contributed by atoms with Crippen LogP contribution in [0.5, 0.6) is 5.75 Å². The molecule has 17 heavy (non-hydrogen) atoms. The highest BCUT2D eigenvalue weighted by Crippen LogP contribution is 2.31. The van der Waals surface area contributed by atoms with Gasteiger partial charge < -0.3 is 14.3 Å². The van der Waals surface area contributed by atoms with E-state index in [4.69, 9.17) is 9.15 Å². The third kappa shape index (κ3) is 2.05. The van der Waals surface area contributed by atoms with Crippen LogP contribution < -0.4 is 0 Å². The number of fused-ring (bicyclic) bond motifs is 1. The molecule has 0 spiro atoms. The molecule has 90 valence electrons. The van der Waals surface area contributed by atoms with Gasteiger partial charge in [-0.1, -0.05) is 11.8 Å². The van der Waals surface area contributed by atoms with Crippen LogP contribution >= 0.6 is 11.8 Å². The number of aromatic hydroxyl groups is 1. The number of esters is 1. The van der Waals surface area contributed by atoms with Gasteiger partial charge in [0.05, 0.1) is 6.61 Å². The minimum atomic E-state index is -0.714. The predicted octanol–water partition coefficient (Wildman–Crippen LogP) is 1.83. The van der Waals surface area contributed by atoms with Gasteiger partial charge in [-0.3, -0.25) is 0 Å². The summed E-state index contributed by atoms with van der Waals surface area (Å²) >= 11 is 1.34. The topological polar surface area (TPSA) is 85.5 Å². The van der Waals surface area contributed by atoms with Gasteiger partial charge in [0.1, 0.15) is 5.39 Å². The van der Waals surface area contributed by atoms with E-state index in [-0.39, 0.29) is 23.8 Å². The lowest BCUT2D eigenvalue weighted by Gasteiger charge is -1.96. The lowest BCUT2D eigenvalue weighted by molar-refractivity contribution is 0.0488. The van der Waals surface area contributed by atoms with Crippen molar-refractivity contribution >= 4 is 28.8 Å². The molecule has 7 heteroatoms. The normalized spacial score (nSPS) is 10.7. The Labute approximate surface area is 101 Å². The quantitative estimate of drug-likeness (QED) is 0.508. The third-order valence-electron chi connectivity index (χ3n) is 2.04. The first kappa shape index (κ1) is 11.7. The number of carbonyl (C=O) groups is 1. The molecular weight excluding hydrogens is 244 g/mol. The van der Waals surface area contributed by atoms with Crippen LogP contribution in [0.1, 0.15) is 17.5 Å². The predicted molar refractivity (Wildman–Crippen MR) is 61.2 cm³/mol. The summed E-state index contributed by atoms with van der Waals surface area (Å²) in [6.07, 6.45) is 3.23. The Kier molecular flexibility index (Phi) is 3.19. The molecule has 2 aromatic rings. The number of carbonyl (C=O) groups excluding carboxylic acids is 1. The fourth-order valence-corrected chi connectivity index (χ4v) is 1.62. The highest BCUT2D eigenvalue weighted by molar-refractivity contribution is 7.98. The highest BCUT2D eigenvalue weighted by atomic mass is 32.2. The molecular formula is C10H10N2O4S. The van der Waals surface area contributed by atoms with E-state index in [0.717, 1.165) is 0 Å². The molecule has 2 aromatic heterocycles. The summed E-state index contributed by atoms with van der Waals surface area (Å²) in [4.78, 5) is 19.5. The maximum atomic E-state index is 11.5. The minimum absolute atomic E-state index is 0.171. The second-order valence-electron chi connectivity index (χ2n) is 3.08. The van der Waals surface area contributed by atoms with Crippen molar-refractivity contribution in [1.82, 2.24) is 9.97 Å². The monoisotopic (exact) mass is 254 g/mol. The van der Waals surface area contributed by atoms with Crippen molar-refractivity contribution in [2.24, 2.45) is 0 Å².